The van der Waals surface area contributed by atoms with Crippen molar-refractivity contribution in [2.24, 2.45) is 0 Å². The van der Waals surface area contributed by atoms with Crippen molar-refractivity contribution in [1.82, 2.24) is 4.98 Å². The first-order valence-electron chi connectivity index (χ1n) is 3.27. The van der Waals surface area contributed by atoms with Crippen molar-refractivity contribution < 1.29 is 9.53 Å². The maximum atomic E-state index is 11.4. The van der Waals surface area contributed by atoms with E-state index in [1.54, 1.807) is 0 Å². The minimum absolute atomic E-state index is 0.390. The van der Waals surface area contributed by atoms with Crippen LogP contribution in [0.25, 0.3) is 0 Å². The lowest BCUT2D eigenvalue weighted by Crippen LogP contribution is -2.05. The zero-order valence-corrected chi connectivity index (χ0v) is 13.1. The third-order valence-corrected chi connectivity index (χ3v) is 5.14. The number of hydrogen-bond donors (Lipinski definition) is 0. The van der Waals surface area contributed by atoms with E-state index >= 15 is 0 Å². The van der Waals surface area contributed by atoms with Crippen molar-refractivity contribution in [2.45, 2.75) is 0 Å². The van der Waals surface area contributed by atoms with Crippen LogP contribution in [-0.2, 0) is 4.74 Å². The van der Waals surface area contributed by atoms with E-state index in [2.05, 4.69) is 73.4 Å². The molecule has 0 spiro atoms. The van der Waals surface area contributed by atoms with Crippen LogP contribution in [-0.4, -0.2) is 18.1 Å². The molecule has 14 heavy (non-hydrogen) atoms. The van der Waals surface area contributed by atoms with E-state index < -0.39 is 5.97 Å². The van der Waals surface area contributed by atoms with Crippen molar-refractivity contribution in [3.63, 3.8) is 0 Å². The average Bonchev–Trinajstić information content (AvgIpc) is 2.15. The first-order valence-corrected chi connectivity index (χ1v) is 6.44. The number of carbonyl (C=O) groups excluding carboxylic acids is 1. The summed E-state index contributed by atoms with van der Waals surface area (Å²) in [5, 5.41) is 0. The summed E-state index contributed by atoms with van der Waals surface area (Å²) in [7, 11) is 1.32. The summed E-state index contributed by atoms with van der Waals surface area (Å²) in [5.74, 6) is -0.437. The number of aromatic nitrogens is 1. The number of ether oxygens (including phenoxy) is 1. The maximum Gasteiger partial charge on any atom is 0.340 e. The number of rotatable bonds is 1. The number of esters is 1. The molecule has 76 valence electrons. The lowest BCUT2D eigenvalue weighted by Gasteiger charge is -2.07. The molecule has 0 aliphatic heterocycles. The summed E-state index contributed by atoms with van der Waals surface area (Å²) in [6.45, 7) is 0. The lowest BCUT2D eigenvalue weighted by atomic mass is 10.3. The van der Waals surface area contributed by atoms with E-state index in [9.17, 15) is 4.79 Å². The number of hydrogen-bond acceptors (Lipinski definition) is 3. The van der Waals surface area contributed by atoms with Gasteiger partial charge in [-0.05, 0) is 63.7 Å². The van der Waals surface area contributed by atoms with Gasteiger partial charge in [-0.2, -0.15) is 0 Å². The van der Waals surface area contributed by atoms with Crippen molar-refractivity contribution in [2.75, 3.05) is 7.11 Å². The van der Waals surface area contributed by atoms with Gasteiger partial charge in [0.25, 0.3) is 0 Å². The molecule has 0 amide bonds. The molecule has 0 radical (unpaired) electrons. The van der Waals surface area contributed by atoms with Crippen LogP contribution in [0.4, 0.5) is 0 Å². The standard InChI is InChI=1S/C7H3Br4NO2/c1-14-7(13)2-3(8)5(10)12-6(11)4(2)9/h1H3. The predicted octanol–water partition coefficient (Wildman–Crippen LogP) is 3.92. The largest absolute Gasteiger partial charge is 0.465 e. The number of methoxy groups -OCH3 is 1. The van der Waals surface area contributed by atoms with E-state index in [1.807, 2.05) is 0 Å². The van der Waals surface area contributed by atoms with Crippen LogP contribution >= 0.6 is 63.7 Å². The Morgan fingerprint density at radius 3 is 1.93 bits per heavy atom. The van der Waals surface area contributed by atoms with Gasteiger partial charge in [0.15, 0.2) is 0 Å². The highest BCUT2D eigenvalue weighted by molar-refractivity contribution is 9.13. The van der Waals surface area contributed by atoms with E-state index in [1.165, 1.54) is 7.11 Å². The molecule has 7 heteroatoms. The molecule has 0 aliphatic carbocycles. The molecule has 0 unspecified atom stereocenters. The lowest BCUT2D eigenvalue weighted by molar-refractivity contribution is 0.0598. The van der Waals surface area contributed by atoms with Gasteiger partial charge >= 0.3 is 5.97 Å². The van der Waals surface area contributed by atoms with Gasteiger partial charge in [0.2, 0.25) is 0 Å². The van der Waals surface area contributed by atoms with Gasteiger partial charge in [-0.1, -0.05) is 0 Å². The molecule has 0 saturated heterocycles. The van der Waals surface area contributed by atoms with Crippen molar-refractivity contribution in [3.8, 4) is 0 Å². The number of carbonyl (C=O) groups is 1. The van der Waals surface area contributed by atoms with Crippen LogP contribution in [0.3, 0.4) is 0 Å². The minimum Gasteiger partial charge on any atom is -0.465 e. The molecule has 3 nitrogen and oxygen atoms in total. The van der Waals surface area contributed by atoms with Gasteiger partial charge in [0, 0.05) is 0 Å². The molecular formula is C7H3Br4NO2. The molecule has 0 atom stereocenters. The average molecular weight is 453 g/mol. The molecule has 1 aromatic heterocycles. The minimum atomic E-state index is -0.437. The Hall–Kier alpha value is 0.540. The molecule has 0 bridgehead atoms. The zero-order valence-electron chi connectivity index (χ0n) is 6.78. The predicted molar refractivity (Wildman–Crippen MR) is 66.4 cm³/mol. The van der Waals surface area contributed by atoms with E-state index in [-0.39, 0.29) is 0 Å². The number of halogens is 4. The highest BCUT2D eigenvalue weighted by Gasteiger charge is 2.20. The van der Waals surface area contributed by atoms with Crippen LogP contribution < -0.4 is 0 Å². The number of nitrogens with zero attached hydrogens (tertiary/aromatic N) is 1. The monoisotopic (exact) mass is 449 g/mol. The Balaban J connectivity index is 3.47. The van der Waals surface area contributed by atoms with E-state index in [0.29, 0.717) is 23.7 Å². The van der Waals surface area contributed by atoms with Crippen LogP contribution in [0.15, 0.2) is 18.2 Å². The molecule has 1 rings (SSSR count). The topological polar surface area (TPSA) is 39.2 Å². The zero-order chi connectivity index (χ0) is 10.9. The van der Waals surface area contributed by atoms with E-state index in [0.717, 1.165) is 0 Å². The summed E-state index contributed by atoms with van der Waals surface area (Å²) in [6, 6.07) is 0. The Kier molecular flexibility index (Phi) is 4.55. The van der Waals surface area contributed by atoms with Gasteiger partial charge in [0.1, 0.15) is 9.21 Å². The van der Waals surface area contributed by atoms with Gasteiger partial charge < -0.3 is 4.74 Å². The summed E-state index contributed by atoms with van der Waals surface area (Å²) in [5.41, 5.74) is 0.390. The second-order valence-corrected chi connectivity index (χ2v) is 5.28. The van der Waals surface area contributed by atoms with Crippen LogP contribution in [0.2, 0.25) is 0 Å². The van der Waals surface area contributed by atoms with Gasteiger partial charge in [-0.3, -0.25) is 0 Å². The molecule has 0 aromatic carbocycles. The van der Waals surface area contributed by atoms with E-state index in [4.69, 9.17) is 0 Å². The van der Waals surface area contributed by atoms with Crippen LogP contribution in [0.1, 0.15) is 10.4 Å². The molecule has 0 fully saturated rings. The molecule has 1 heterocycles. The molecule has 0 saturated carbocycles. The Labute approximate surface area is 114 Å². The smallest absolute Gasteiger partial charge is 0.340 e. The Morgan fingerprint density at radius 1 is 1.14 bits per heavy atom. The van der Waals surface area contributed by atoms with Crippen LogP contribution in [0, 0.1) is 0 Å². The van der Waals surface area contributed by atoms with Gasteiger partial charge in [-0.15, -0.1) is 0 Å². The molecule has 0 N–H and O–H groups in total. The highest BCUT2D eigenvalue weighted by Crippen LogP contribution is 2.35. The first-order chi connectivity index (χ1) is 6.49. The fourth-order valence-corrected chi connectivity index (χ4v) is 2.92. The van der Waals surface area contributed by atoms with Gasteiger partial charge in [0.05, 0.1) is 21.6 Å². The van der Waals surface area contributed by atoms with Crippen molar-refractivity contribution in [3.05, 3.63) is 23.7 Å². The summed E-state index contributed by atoms with van der Waals surface area (Å²) in [6.07, 6.45) is 0. The second kappa shape index (κ2) is 5.05. The van der Waals surface area contributed by atoms with Crippen LogP contribution in [0.5, 0.6) is 0 Å². The third-order valence-electron chi connectivity index (χ3n) is 1.39. The Bertz CT molecular complexity index is 368. The third kappa shape index (κ3) is 2.37. The molecule has 0 aliphatic rings. The summed E-state index contributed by atoms with van der Waals surface area (Å²) in [4.78, 5) is 15.5. The summed E-state index contributed by atoms with van der Waals surface area (Å²) < 4.78 is 6.82. The fraction of sp³-hybridized carbons (Fsp3) is 0.143. The maximum absolute atomic E-state index is 11.4. The van der Waals surface area contributed by atoms with Gasteiger partial charge in [-0.25, -0.2) is 9.78 Å². The highest BCUT2D eigenvalue weighted by atomic mass is 79.9. The second-order valence-electron chi connectivity index (χ2n) is 2.19. The quantitative estimate of drug-likeness (QED) is 0.479. The van der Waals surface area contributed by atoms with Crippen molar-refractivity contribution >= 4 is 69.7 Å². The summed E-state index contributed by atoms with van der Waals surface area (Å²) >= 11 is 12.9. The normalized spacial score (nSPS) is 10.1. The fourth-order valence-electron chi connectivity index (χ4n) is 0.768. The molecular weight excluding hydrogens is 450 g/mol. The SMILES string of the molecule is COC(=O)c1c(Br)c(Br)nc(Br)c1Br. The molecule has 1 aromatic rings. The number of pyridine rings is 1. The van der Waals surface area contributed by atoms with Crippen molar-refractivity contribution in [1.29, 1.82) is 0 Å². The first kappa shape index (κ1) is 12.6. The Morgan fingerprint density at radius 2 is 1.57 bits per heavy atom.